The molecule has 1 aromatic rings. The van der Waals surface area contributed by atoms with Crippen molar-refractivity contribution in [2.75, 3.05) is 24.7 Å². The number of nitrogens with zero attached hydrogens (tertiary/aromatic N) is 3. The van der Waals surface area contributed by atoms with Crippen LogP contribution in [0.15, 0.2) is 12.4 Å². The molecule has 1 aromatic heterocycles. The molecule has 0 spiro atoms. The quantitative estimate of drug-likeness (QED) is 0.653. The summed E-state index contributed by atoms with van der Waals surface area (Å²) in [6.45, 7) is 3.75. The molecule has 1 aliphatic heterocycles. The molecule has 1 amide bonds. The fourth-order valence-corrected chi connectivity index (χ4v) is 4.37. The highest BCUT2D eigenvalue weighted by molar-refractivity contribution is 7.91. The summed E-state index contributed by atoms with van der Waals surface area (Å²) in [7, 11) is -3.10. The third kappa shape index (κ3) is 5.48. The molecule has 1 aliphatic rings. The molecule has 1 fully saturated rings. The smallest absolute Gasteiger partial charge is 0.359 e. The van der Waals surface area contributed by atoms with Gasteiger partial charge in [0.2, 0.25) is 0 Å². The van der Waals surface area contributed by atoms with E-state index in [4.69, 9.17) is 4.74 Å². The van der Waals surface area contributed by atoms with Crippen LogP contribution in [0.1, 0.15) is 42.4 Å². The molecule has 0 bridgehead atoms. The van der Waals surface area contributed by atoms with Crippen molar-refractivity contribution in [2.24, 2.45) is 0 Å². The van der Waals surface area contributed by atoms with Gasteiger partial charge in [-0.25, -0.2) is 18.2 Å². The number of hydrogen-bond donors (Lipinski definition) is 0. The Morgan fingerprint density at radius 2 is 2.08 bits per heavy atom. The Balaban J connectivity index is 1.96. The van der Waals surface area contributed by atoms with Crippen LogP contribution < -0.4 is 0 Å². The Morgan fingerprint density at radius 1 is 1.32 bits per heavy atom. The molecule has 0 aromatic carbocycles. The predicted octanol–water partition coefficient (Wildman–Crippen LogP) is 0.758. The highest BCUT2D eigenvalue weighted by Crippen LogP contribution is 2.18. The van der Waals surface area contributed by atoms with Crippen molar-refractivity contribution < 1.29 is 22.7 Å². The van der Waals surface area contributed by atoms with E-state index in [1.807, 2.05) is 6.92 Å². The zero-order valence-corrected chi connectivity index (χ0v) is 15.3. The first-order valence-electron chi connectivity index (χ1n) is 8.28. The molecule has 0 radical (unpaired) electrons. The Morgan fingerprint density at radius 3 is 2.64 bits per heavy atom. The number of esters is 1. The average Bonchev–Trinajstić information content (AvgIpc) is 2.93. The lowest BCUT2D eigenvalue weighted by Gasteiger charge is -2.28. The van der Waals surface area contributed by atoms with E-state index in [2.05, 4.69) is 9.97 Å². The van der Waals surface area contributed by atoms with E-state index < -0.39 is 22.4 Å². The molecule has 1 atom stereocenters. The number of hydrogen-bond acceptors (Lipinski definition) is 7. The van der Waals surface area contributed by atoms with Crippen LogP contribution in [0.25, 0.3) is 0 Å². The monoisotopic (exact) mass is 369 g/mol. The normalized spacial score (nSPS) is 18.7. The molecule has 8 nitrogen and oxygen atoms in total. The van der Waals surface area contributed by atoms with Crippen molar-refractivity contribution in [2.45, 2.75) is 39.2 Å². The molecule has 0 N–H and O–H groups in total. The molecule has 2 rings (SSSR count). The Hall–Kier alpha value is -2.03. The van der Waals surface area contributed by atoms with Gasteiger partial charge in [-0.15, -0.1) is 0 Å². The van der Waals surface area contributed by atoms with Gasteiger partial charge in [-0.1, -0.05) is 13.3 Å². The number of amides is 1. The summed E-state index contributed by atoms with van der Waals surface area (Å²) >= 11 is 0. The minimum atomic E-state index is -3.10. The number of unbranched alkanes of at least 4 members (excludes halogenated alkanes) is 1. The summed E-state index contributed by atoms with van der Waals surface area (Å²) in [6, 6.07) is -0.345. The van der Waals surface area contributed by atoms with E-state index in [0.717, 1.165) is 12.8 Å². The second-order valence-electron chi connectivity index (χ2n) is 6.12. The van der Waals surface area contributed by atoms with Crippen LogP contribution in [0, 0.1) is 6.92 Å². The Bertz CT molecular complexity index is 718. The first-order chi connectivity index (χ1) is 11.8. The van der Waals surface area contributed by atoms with Gasteiger partial charge in [0, 0.05) is 18.8 Å². The maximum absolute atomic E-state index is 12.5. The first kappa shape index (κ1) is 19.3. The van der Waals surface area contributed by atoms with Crippen molar-refractivity contribution in [1.82, 2.24) is 14.9 Å². The number of aromatic nitrogens is 2. The largest absolute Gasteiger partial charge is 0.451 e. The summed E-state index contributed by atoms with van der Waals surface area (Å²) in [6.07, 6.45) is 4.80. The Labute approximate surface area is 147 Å². The highest BCUT2D eigenvalue weighted by atomic mass is 32.2. The molecule has 2 heterocycles. The number of carbonyl (C=O) groups excluding carboxylic acids is 2. The second kappa shape index (κ2) is 8.37. The van der Waals surface area contributed by atoms with Crippen molar-refractivity contribution in [3.8, 4) is 0 Å². The average molecular weight is 369 g/mol. The maximum Gasteiger partial charge on any atom is 0.359 e. The number of aryl methyl sites for hydroxylation is 1. The summed E-state index contributed by atoms with van der Waals surface area (Å²) in [5.41, 5.74) is 0.697. The van der Waals surface area contributed by atoms with E-state index in [9.17, 15) is 18.0 Å². The predicted molar refractivity (Wildman–Crippen MR) is 90.7 cm³/mol. The number of rotatable bonds is 7. The molecule has 0 saturated carbocycles. The number of ether oxygens (including phenoxy) is 1. The molecule has 9 heteroatoms. The van der Waals surface area contributed by atoms with Crippen LogP contribution in [0.4, 0.5) is 0 Å². The minimum Gasteiger partial charge on any atom is -0.451 e. The van der Waals surface area contributed by atoms with Crippen molar-refractivity contribution in [3.63, 3.8) is 0 Å². The van der Waals surface area contributed by atoms with Gasteiger partial charge < -0.3 is 9.64 Å². The first-order valence-corrected chi connectivity index (χ1v) is 10.1. The fourth-order valence-electron chi connectivity index (χ4n) is 2.64. The van der Waals surface area contributed by atoms with Crippen LogP contribution in [0.5, 0.6) is 0 Å². The van der Waals surface area contributed by atoms with Crippen molar-refractivity contribution in [3.05, 3.63) is 23.8 Å². The standard InChI is InChI=1S/C16H23N3O5S/c1-3-4-6-19(13-5-7-25(22,23)11-13)15(20)10-24-16(21)14-9-17-12(2)8-18-14/h8-9,13H,3-7,10-11H2,1-2H3. The van der Waals surface area contributed by atoms with Gasteiger partial charge in [-0.05, 0) is 19.8 Å². The van der Waals surface area contributed by atoms with Gasteiger partial charge in [0.05, 0.1) is 23.4 Å². The molecule has 0 aliphatic carbocycles. The third-order valence-corrected chi connectivity index (χ3v) is 5.79. The van der Waals surface area contributed by atoms with Crippen LogP contribution >= 0.6 is 0 Å². The minimum absolute atomic E-state index is 0.0279. The van der Waals surface area contributed by atoms with E-state index in [0.29, 0.717) is 18.7 Å². The second-order valence-corrected chi connectivity index (χ2v) is 8.35. The van der Waals surface area contributed by atoms with Crippen LogP contribution in [0.3, 0.4) is 0 Å². The lowest BCUT2D eigenvalue weighted by molar-refractivity contribution is -0.136. The molecular formula is C16H23N3O5S. The number of sulfone groups is 1. The van der Waals surface area contributed by atoms with E-state index in [-0.39, 0.29) is 29.1 Å². The van der Waals surface area contributed by atoms with Gasteiger partial charge in [-0.2, -0.15) is 0 Å². The van der Waals surface area contributed by atoms with Crippen molar-refractivity contribution >= 4 is 21.7 Å². The van der Waals surface area contributed by atoms with Crippen LogP contribution in [-0.4, -0.2) is 65.9 Å². The molecule has 1 unspecified atom stereocenters. The van der Waals surface area contributed by atoms with Gasteiger partial charge in [0.1, 0.15) is 0 Å². The van der Waals surface area contributed by atoms with Crippen LogP contribution in [-0.2, 0) is 19.4 Å². The topological polar surface area (TPSA) is 107 Å². The number of carbonyl (C=O) groups is 2. The van der Waals surface area contributed by atoms with Gasteiger partial charge in [0.15, 0.2) is 22.1 Å². The summed E-state index contributed by atoms with van der Waals surface area (Å²) in [5.74, 6) is -1.05. The van der Waals surface area contributed by atoms with E-state index in [1.165, 1.54) is 17.3 Å². The molecule has 138 valence electrons. The highest BCUT2D eigenvalue weighted by Gasteiger charge is 2.34. The fraction of sp³-hybridized carbons (Fsp3) is 0.625. The summed E-state index contributed by atoms with van der Waals surface area (Å²) in [4.78, 5) is 33.8. The lowest BCUT2D eigenvalue weighted by Crippen LogP contribution is -2.43. The van der Waals surface area contributed by atoms with E-state index in [1.54, 1.807) is 6.92 Å². The summed E-state index contributed by atoms with van der Waals surface area (Å²) in [5, 5.41) is 0. The van der Waals surface area contributed by atoms with Gasteiger partial charge in [-0.3, -0.25) is 9.78 Å². The molecule has 1 saturated heterocycles. The maximum atomic E-state index is 12.5. The molecule has 25 heavy (non-hydrogen) atoms. The third-order valence-electron chi connectivity index (χ3n) is 4.04. The van der Waals surface area contributed by atoms with E-state index >= 15 is 0 Å². The van der Waals surface area contributed by atoms with Gasteiger partial charge in [0.25, 0.3) is 5.91 Å². The molecular weight excluding hydrogens is 346 g/mol. The Kier molecular flexibility index (Phi) is 6.46. The van der Waals surface area contributed by atoms with Crippen LogP contribution in [0.2, 0.25) is 0 Å². The SMILES string of the molecule is CCCCN(C(=O)COC(=O)c1cnc(C)cn1)C1CCS(=O)(=O)C1. The van der Waals surface area contributed by atoms with Gasteiger partial charge >= 0.3 is 5.97 Å². The zero-order chi connectivity index (χ0) is 18.4. The summed E-state index contributed by atoms with van der Waals surface area (Å²) < 4.78 is 28.4. The van der Waals surface area contributed by atoms with Crippen molar-refractivity contribution in [1.29, 1.82) is 0 Å². The lowest BCUT2D eigenvalue weighted by atomic mass is 10.2. The zero-order valence-electron chi connectivity index (χ0n) is 14.5.